The molecule has 0 bridgehead atoms. The van der Waals surface area contributed by atoms with E-state index in [4.69, 9.17) is 4.74 Å². The summed E-state index contributed by atoms with van der Waals surface area (Å²) in [6.45, 7) is 4.09. The first-order valence-electron chi connectivity index (χ1n) is 12.3. The van der Waals surface area contributed by atoms with Gasteiger partial charge in [0.05, 0.1) is 12.8 Å². The maximum atomic E-state index is 12.7. The lowest BCUT2D eigenvalue weighted by Crippen LogP contribution is -2.50. The van der Waals surface area contributed by atoms with Crippen LogP contribution in [-0.4, -0.2) is 62.7 Å². The molecule has 32 heavy (non-hydrogen) atoms. The summed E-state index contributed by atoms with van der Waals surface area (Å²) < 4.78 is 5.49. The minimum atomic E-state index is -0.0854. The first-order valence-corrected chi connectivity index (χ1v) is 12.3. The second kappa shape index (κ2) is 10.9. The van der Waals surface area contributed by atoms with E-state index >= 15 is 0 Å². The van der Waals surface area contributed by atoms with Crippen molar-refractivity contribution in [1.29, 1.82) is 0 Å². The Labute approximate surface area is 191 Å². The highest BCUT2D eigenvalue weighted by atomic mass is 16.5. The number of urea groups is 1. The van der Waals surface area contributed by atoms with Crippen molar-refractivity contribution in [1.82, 2.24) is 15.5 Å². The zero-order valence-corrected chi connectivity index (χ0v) is 19.4. The minimum Gasteiger partial charge on any atom is -0.495 e. The molecule has 7 nitrogen and oxygen atoms in total. The molecule has 3 aliphatic rings. The fraction of sp³-hybridized carbons (Fsp3) is 0.680. The summed E-state index contributed by atoms with van der Waals surface area (Å²) in [5, 5.41) is 6.19. The Morgan fingerprint density at radius 1 is 1.00 bits per heavy atom. The molecule has 1 aromatic rings. The van der Waals surface area contributed by atoms with Gasteiger partial charge in [-0.25, -0.2) is 4.79 Å². The van der Waals surface area contributed by atoms with Crippen LogP contribution in [0.4, 0.5) is 10.5 Å². The fourth-order valence-corrected chi connectivity index (χ4v) is 5.43. The summed E-state index contributed by atoms with van der Waals surface area (Å²) in [7, 11) is 1.70. The second-order valence-electron chi connectivity index (χ2n) is 9.56. The van der Waals surface area contributed by atoms with Crippen molar-refractivity contribution in [2.45, 2.75) is 57.4 Å². The number of nitrogens with zero attached hydrogens (tertiary/aromatic N) is 2. The Morgan fingerprint density at radius 2 is 1.75 bits per heavy atom. The van der Waals surface area contributed by atoms with Crippen LogP contribution in [0.1, 0.15) is 51.4 Å². The van der Waals surface area contributed by atoms with Crippen LogP contribution < -0.4 is 20.3 Å². The molecule has 1 aromatic carbocycles. The summed E-state index contributed by atoms with van der Waals surface area (Å²) in [6.07, 6.45) is 8.49. The van der Waals surface area contributed by atoms with Crippen molar-refractivity contribution in [3.63, 3.8) is 0 Å². The Hall–Kier alpha value is -2.44. The number of likely N-dealkylation sites (tertiary alicyclic amines) is 1. The van der Waals surface area contributed by atoms with Crippen molar-refractivity contribution in [2.24, 2.45) is 11.8 Å². The van der Waals surface area contributed by atoms with Crippen LogP contribution >= 0.6 is 0 Å². The average Bonchev–Trinajstić information content (AvgIpc) is 3.32. The number of hydrogen-bond acceptors (Lipinski definition) is 4. The van der Waals surface area contributed by atoms with Gasteiger partial charge >= 0.3 is 6.03 Å². The fourth-order valence-electron chi connectivity index (χ4n) is 5.43. The zero-order chi connectivity index (χ0) is 22.3. The summed E-state index contributed by atoms with van der Waals surface area (Å²) in [5.74, 6) is 1.90. The number of carbonyl (C=O) groups is 2. The SMILES string of the molecule is COc1ccccc1N1CCC(CNC(=O)NC2CCN(C(=O)C3CCCCC3)CC2)C1. The first-order chi connectivity index (χ1) is 15.6. The van der Waals surface area contributed by atoms with Gasteiger partial charge in [0, 0.05) is 44.7 Å². The molecule has 1 atom stereocenters. The van der Waals surface area contributed by atoms with Gasteiger partial charge in [-0.2, -0.15) is 0 Å². The van der Waals surface area contributed by atoms with Crippen LogP contribution in [0.5, 0.6) is 5.75 Å². The maximum absolute atomic E-state index is 12.7. The number of benzene rings is 1. The maximum Gasteiger partial charge on any atom is 0.315 e. The third kappa shape index (κ3) is 5.67. The van der Waals surface area contributed by atoms with E-state index in [1.54, 1.807) is 7.11 Å². The molecule has 2 aliphatic heterocycles. The van der Waals surface area contributed by atoms with Crippen molar-refractivity contribution in [3.8, 4) is 5.75 Å². The lowest BCUT2D eigenvalue weighted by Gasteiger charge is -2.35. The van der Waals surface area contributed by atoms with Crippen molar-refractivity contribution >= 4 is 17.6 Å². The third-order valence-electron chi connectivity index (χ3n) is 7.36. The largest absolute Gasteiger partial charge is 0.495 e. The highest BCUT2D eigenvalue weighted by Gasteiger charge is 2.30. The number of rotatable bonds is 6. The van der Waals surface area contributed by atoms with Gasteiger partial charge in [0.1, 0.15) is 5.75 Å². The van der Waals surface area contributed by atoms with Crippen LogP contribution in [0, 0.1) is 11.8 Å². The lowest BCUT2D eigenvalue weighted by molar-refractivity contribution is -0.137. The van der Waals surface area contributed by atoms with Gasteiger partial charge in [-0.3, -0.25) is 4.79 Å². The van der Waals surface area contributed by atoms with E-state index in [1.165, 1.54) is 19.3 Å². The lowest BCUT2D eigenvalue weighted by atomic mass is 9.87. The number of piperidine rings is 1. The third-order valence-corrected chi connectivity index (χ3v) is 7.36. The van der Waals surface area contributed by atoms with E-state index in [1.807, 2.05) is 23.1 Å². The predicted octanol–water partition coefficient (Wildman–Crippen LogP) is 3.39. The smallest absolute Gasteiger partial charge is 0.315 e. The summed E-state index contributed by atoms with van der Waals surface area (Å²) >= 11 is 0. The Balaban J connectivity index is 1.15. The number of carbonyl (C=O) groups excluding carboxylic acids is 2. The van der Waals surface area contributed by atoms with Crippen molar-refractivity contribution in [2.75, 3.05) is 44.7 Å². The molecule has 1 saturated carbocycles. The molecule has 7 heteroatoms. The first kappa shape index (κ1) is 22.7. The van der Waals surface area contributed by atoms with Crippen LogP contribution in [0.2, 0.25) is 0 Å². The van der Waals surface area contributed by atoms with Gasteiger partial charge in [0.15, 0.2) is 0 Å². The quantitative estimate of drug-likeness (QED) is 0.708. The molecule has 1 unspecified atom stereocenters. The molecule has 3 amide bonds. The molecule has 0 aromatic heterocycles. The average molecular weight is 443 g/mol. The van der Waals surface area contributed by atoms with E-state index in [0.717, 1.165) is 69.7 Å². The zero-order valence-electron chi connectivity index (χ0n) is 19.4. The monoisotopic (exact) mass is 442 g/mol. The summed E-state index contributed by atoms with van der Waals surface area (Å²) in [5.41, 5.74) is 1.12. The molecular formula is C25H38N4O3. The molecule has 0 spiro atoms. The number of nitrogens with one attached hydrogen (secondary N) is 2. The number of methoxy groups -OCH3 is 1. The molecule has 2 heterocycles. The van der Waals surface area contributed by atoms with E-state index in [0.29, 0.717) is 18.4 Å². The highest BCUT2D eigenvalue weighted by molar-refractivity contribution is 5.79. The van der Waals surface area contributed by atoms with Gasteiger partial charge < -0.3 is 25.2 Å². The Bertz CT molecular complexity index is 772. The molecule has 0 radical (unpaired) electrons. The topological polar surface area (TPSA) is 73.9 Å². The summed E-state index contributed by atoms with van der Waals surface area (Å²) in [4.78, 5) is 29.5. The normalized spacial score (nSPS) is 22.6. The second-order valence-corrected chi connectivity index (χ2v) is 9.56. The molecule has 3 fully saturated rings. The van der Waals surface area contributed by atoms with Crippen LogP contribution in [0.25, 0.3) is 0 Å². The molecular weight excluding hydrogens is 404 g/mol. The van der Waals surface area contributed by atoms with Crippen molar-refractivity contribution in [3.05, 3.63) is 24.3 Å². The summed E-state index contributed by atoms with van der Waals surface area (Å²) in [6, 6.07) is 8.16. The van der Waals surface area contributed by atoms with Gasteiger partial charge in [0.2, 0.25) is 5.91 Å². The predicted molar refractivity (Wildman–Crippen MR) is 126 cm³/mol. The minimum absolute atomic E-state index is 0.0854. The molecule has 4 rings (SSSR count). The van der Waals surface area contributed by atoms with Gasteiger partial charge in [-0.1, -0.05) is 31.4 Å². The van der Waals surface area contributed by atoms with Gasteiger partial charge in [-0.15, -0.1) is 0 Å². The number of amides is 3. The molecule has 2 saturated heterocycles. The molecule has 176 valence electrons. The van der Waals surface area contributed by atoms with E-state index in [-0.39, 0.29) is 18.0 Å². The molecule has 1 aliphatic carbocycles. The number of ether oxygens (including phenoxy) is 1. The van der Waals surface area contributed by atoms with Crippen LogP contribution in [0.15, 0.2) is 24.3 Å². The van der Waals surface area contributed by atoms with Gasteiger partial charge in [0.25, 0.3) is 0 Å². The Morgan fingerprint density at radius 3 is 2.50 bits per heavy atom. The number of para-hydroxylation sites is 2. The van der Waals surface area contributed by atoms with Crippen LogP contribution in [0.3, 0.4) is 0 Å². The number of anilines is 1. The van der Waals surface area contributed by atoms with Crippen molar-refractivity contribution < 1.29 is 14.3 Å². The number of hydrogen-bond donors (Lipinski definition) is 2. The van der Waals surface area contributed by atoms with Gasteiger partial charge in [-0.05, 0) is 50.2 Å². The Kier molecular flexibility index (Phi) is 7.76. The standard InChI is InChI=1S/C25H38N4O3/c1-32-23-10-6-5-9-22(23)29-14-11-19(18-29)17-26-25(31)27-21-12-15-28(16-13-21)24(30)20-7-3-2-4-8-20/h5-6,9-10,19-21H,2-4,7-8,11-18H2,1H3,(H2,26,27,31). The van der Waals surface area contributed by atoms with E-state index < -0.39 is 0 Å². The molecule has 2 N–H and O–H groups in total. The van der Waals surface area contributed by atoms with E-state index in [9.17, 15) is 9.59 Å². The van der Waals surface area contributed by atoms with E-state index in [2.05, 4.69) is 21.6 Å². The van der Waals surface area contributed by atoms with Crippen LogP contribution in [-0.2, 0) is 4.79 Å². The highest BCUT2D eigenvalue weighted by Crippen LogP contribution is 2.31.